The first-order chi connectivity index (χ1) is 11.7. The summed E-state index contributed by atoms with van der Waals surface area (Å²) in [7, 11) is 0. The van der Waals surface area contributed by atoms with E-state index >= 15 is 0 Å². The van der Waals surface area contributed by atoms with Crippen molar-refractivity contribution in [1.82, 2.24) is 5.32 Å². The predicted octanol–water partition coefficient (Wildman–Crippen LogP) is 3.90. The van der Waals surface area contributed by atoms with Gasteiger partial charge in [0.15, 0.2) is 5.17 Å². The number of amidine groups is 1. The molecule has 0 atom stereocenters. The number of nitrogens with one attached hydrogen (secondary N) is 1. The second-order valence-corrected chi connectivity index (χ2v) is 6.02. The molecule has 1 fully saturated rings. The van der Waals surface area contributed by atoms with Gasteiger partial charge in [0, 0.05) is 0 Å². The molecule has 0 aromatic heterocycles. The SMILES string of the molecule is N#CN=C1NC(=O)/C(=C\c2ccc(C=Cc3ccccc3)cc2)S1. The molecular weight excluding hydrogens is 318 g/mol. The first kappa shape index (κ1) is 15.8. The number of aliphatic imine (C=N–C) groups is 1. The molecule has 1 amide bonds. The highest BCUT2D eigenvalue weighted by Crippen LogP contribution is 2.26. The number of thioether (sulfide) groups is 1. The lowest BCUT2D eigenvalue weighted by atomic mass is 10.1. The molecule has 116 valence electrons. The van der Waals surface area contributed by atoms with Crippen molar-refractivity contribution in [2.24, 2.45) is 4.99 Å². The third-order valence-corrected chi connectivity index (χ3v) is 4.21. The lowest BCUT2D eigenvalue weighted by molar-refractivity contribution is -0.115. The summed E-state index contributed by atoms with van der Waals surface area (Å²) in [5, 5.41) is 11.4. The first-order valence-corrected chi connectivity index (χ1v) is 8.07. The van der Waals surface area contributed by atoms with Crippen molar-refractivity contribution in [3.8, 4) is 6.19 Å². The van der Waals surface area contributed by atoms with E-state index < -0.39 is 0 Å². The van der Waals surface area contributed by atoms with Crippen molar-refractivity contribution in [1.29, 1.82) is 5.26 Å². The summed E-state index contributed by atoms with van der Waals surface area (Å²) in [6.07, 6.45) is 7.55. The van der Waals surface area contributed by atoms with Crippen LogP contribution in [0.2, 0.25) is 0 Å². The normalized spacial score (nSPS) is 17.4. The molecule has 1 N–H and O–H groups in total. The van der Waals surface area contributed by atoms with Gasteiger partial charge >= 0.3 is 0 Å². The number of nitriles is 1. The smallest absolute Gasteiger partial charge is 0.264 e. The number of amides is 1. The van der Waals surface area contributed by atoms with Gasteiger partial charge in [0.25, 0.3) is 5.91 Å². The maximum absolute atomic E-state index is 11.8. The van der Waals surface area contributed by atoms with Gasteiger partial charge in [0.2, 0.25) is 6.19 Å². The van der Waals surface area contributed by atoms with Crippen LogP contribution < -0.4 is 5.32 Å². The Balaban J connectivity index is 1.72. The molecule has 4 nitrogen and oxygen atoms in total. The van der Waals surface area contributed by atoms with Crippen LogP contribution >= 0.6 is 11.8 Å². The highest BCUT2D eigenvalue weighted by atomic mass is 32.2. The third kappa shape index (κ3) is 4.00. The fourth-order valence-electron chi connectivity index (χ4n) is 2.14. The lowest BCUT2D eigenvalue weighted by Crippen LogP contribution is -2.19. The monoisotopic (exact) mass is 331 g/mol. The van der Waals surface area contributed by atoms with E-state index in [9.17, 15) is 4.79 Å². The Kier molecular flexibility index (Phi) is 4.90. The Morgan fingerprint density at radius 2 is 1.58 bits per heavy atom. The van der Waals surface area contributed by atoms with Crippen LogP contribution in [0.4, 0.5) is 0 Å². The summed E-state index contributed by atoms with van der Waals surface area (Å²) in [5.74, 6) is -0.234. The number of benzene rings is 2. The van der Waals surface area contributed by atoms with Gasteiger partial charge < -0.3 is 0 Å². The molecule has 0 radical (unpaired) electrons. The highest BCUT2D eigenvalue weighted by Gasteiger charge is 2.23. The molecular formula is C19H13N3OS. The van der Waals surface area contributed by atoms with Gasteiger partial charge in [-0.25, -0.2) is 0 Å². The number of carbonyl (C=O) groups excluding carboxylic acids is 1. The Morgan fingerprint density at radius 3 is 2.25 bits per heavy atom. The van der Waals surface area contributed by atoms with E-state index in [0.29, 0.717) is 10.1 Å². The molecule has 0 bridgehead atoms. The molecule has 0 saturated carbocycles. The number of rotatable bonds is 3. The van der Waals surface area contributed by atoms with Gasteiger partial charge in [-0.1, -0.05) is 66.7 Å². The van der Waals surface area contributed by atoms with Crippen molar-refractivity contribution >= 4 is 41.1 Å². The van der Waals surface area contributed by atoms with Gasteiger partial charge in [0.05, 0.1) is 4.91 Å². The average molecular weight is 331 g/mol. The second kappa shape index (κ2) is 7.44. The van der Waals surface area contributed by atoms with Gasteiger partial charge in [-0.15, -0.1) is 4.99 Å². The van der Waals surface area contributed by atoms with Crippen LogP contribution in [0.25, 0.3) is 18.2 Å². The van der Waals surface area contributed by atoms with E-state index in [1.807, 2.05) is 60.7 Å². The molecule has 1 heterocycles. The largest absolute Gasteiger partial charge is 0.300 e. The van der Waals surface area contributed by atoms with Crippen LogP contribution in [-0.4, -0.2) is 11.1 Å². The quantitative estimate of drug-likeness (QED) is 0.527. The summed E-state index contributed by atoms with van der Waals surface area (Å²) in [6.45, 7) is 0. The van der Waals surface area contributed by atoms with Crippen molar-refractivity contribution in [3.05, 3.63) is 76.2 Å². The molecule has 0 spiro atoms. The van der Waals surface area contributed by atoms with Crippen molar-refractivity contribution in [3.63, 3.8) is 0 Å². The molecule has 2 aromatic carbocycles. The summed E-state index contributed by atoms with van der Waals surface area (Å²) in [5.41, 5.74) is 3.14. The Labute approximate surface area is 144 Å². The zero-order chi connectivity index (χ0) is 16.8. The molecule has 1 aliphatic rings. The van der Waals surface area contributed by atoms with Gasteiger partial charge in [-0.05, 0) is 34.5 Å². The van der Waals surface area contributed by atoms with Gasteiger partial charge in [-0.2, -0.15) is 5.26 Å². The minimum atomic E-state index is -0.234. The number of hydrogen-bond acceptors (Lipinski definition) is 4. The fourth-order valence-corrected chi connectivity index (χ4v) is 2.91. The van der Waals surface area contributed by atoms with Gasteiger partial charge in [0.1, 0.15) is 0 Å². The topological polar surface area (TPSA) is 65.2 Å². The summed E-state index contributed by atoms with van der Waals surface area (Å²) in [4.78, 5) is 15.8. The highest BCUT2D eigenvalue weighted by molar-refractivity contribution is 8.18. The zero-order valence-electron chi connectivity index (χ0n) is 12.6. The van der Waals surface area contributed by atoms with Crippen molar-refractivity contribution in [2.75, 3.05) is 0 Å². The maximum atomic E-state index is 11.8. The van der Waals surface area contributed by atoms with Crippen LogP contribution in [0.1, 0.15) is 16.7 Å². The van der Waals surface area contributed by atoms with Crippen LogP contribution in [0.3, 0.4) is 0 Å². The van der Waals surface area contributed by atoms with E-state index in [1.54, 1.807) is 12.3 Å². The second-order valence-electron chi connectivity index (χ2n) is 4.99. The van der Waals surface area contributed by atoms with E-state index in [4.69, 9.17) is 5.26 Å². The molecule has 1 aliphatic heterocycles. The first-order valence-electron chi connectivity index (χ1n) is 7.25. The van der Waals surface area contributed by atoms with E-state index in [2.05, 4.69) is 16.4 Å². The molecule has 1 saturated heterocycles. The zero-order valence-corrected chi connectivity index (χ0v) is 13.5. The Morgan fingerprint density at radius 1 is 0.958 bits per heavy atom. The molecule has 3 rings (SSSR count). The number of carbonyl (C=O) groups is 1. The molecule has 0 aliphatic carbocycles. The fraction of sp³-hybridized carbons (Fsp3) is 0. The third-order valence-electron chi connectivity index (χ3n) is 3.30. The van der Waals surface area contributed by atoms with E-state index in [0.717, 1.165) is 28.5 Å². The molecule has 0 unspecified atom stereocenters. The molecule has 2 aromatic rings. The summed E-state index contributed by atoms with van der Waals surface area (Å²) >= 11 is 1.16. The van der Waals surface area contributed by atoms with E-state index in [1.165, 1.54) is 0 Å². The Bertz CT molecular complexity index is 875. The Hall–Kier alpha value is -3.10. The van der Waals surface area contributed by atoms with Crippen molar-refractivity contribution < 1.29 is 4.79 Å². The van der Waals surface area contributed by atoms with Crippen LogP contribution in [0, 0.1) is 11.5 Å². The van der Waals surface area contributed by atoms with Gasteiger partial charge in [-0.3, -0.25) is 10.1 Å². The number of hydrogen-bond donors (Lipinski definition) is 1. The minimum Gasteiger partial charge on any atom is -0.300 e. The van der Waals surface area contributed by atoms with Crippen LogP contribution in [0.5, 0.6) is 0 Å². The summed E-state index contributed by atoms with van der Waals surface area (Å²) < 4.78 is 0. The number of nitrogens with zero attached hydrogens (tertiary/aromatic N) is 2. The predicted molar refractivity (Wildman–Crippen MR) is 98.6 cm³/mol. The maximum Gasteiger partial charge on any atom is 0.264 e. The van der Waals surface area contributed by atoms with E-state index in [-0.39, 0.29) is 5.91 Å². The lowest BCUT2D eigenvalue weighted by Gasteiger charge is -1.98. The standard InChI is InChI=1S/C19H13N3OS/c20-13-21-19-22-18(23)17(24-19)12-16-10-8-15(9-11-16)7-6-14-4-2-1-3-5-14/h1-12H,(H,21,22,23)/b7-6?,17-12+. The minimum absolute atomic E-state index is 0.234. The van der Waals surface area contributed by atoms with Crippen LogP contribution in [0.15, 0.2) is 64.5 Å². The van der Waals surface area contributed by atoms with Crippen molar-refractivity contribution in [2.45, 2.75) is 0 Å². The average Bonchev–Trinajstić information content (AvgIpc) is 2.95. The molecule has 24 heavy (non-hydrogen) atoms. The molecule has 5 heteroatoms. The summed E-state index contributed by atoms with van der Waals surface area (Å²) in [6, 6.07) is 18.0. The van der Waals surface area contributed by atoms with Crippen LogP contribution in [-0.2, 0) is 4.79 Å².